The number of ketones is 3. The normalized spacial score (nSPS) is 12.8. The predicted octanol–water partition coefficient (Wildman–Crippen LogP) is 4.85. The molecule has 158 valence electrons. The van der Waals surface area contributed by atoms with Gasteiger partial charge in [-0.05, 0) is 42.0 Å². The molecular formula is C26H24FNO3. The molecule has 0 aliphatic carbocycles. The summed E-state index contributed by atoms with van der Waals surface area (Å²) in [6.07, 6.45) is 0. The van der Waals surface area contributed by atoms with E-state index in [0.29, 0.717) is 11.3 Å². The first-order valence-electron chi connectivity index (χ1n) is 10.1. The Morgan fingerprint density at radius 3 is 1.94 bits per heavy atom. The summed E-state index contributed by atoms with van der Waals surface area (Å²) in [7, 11) is 0. The van der Waals surface area contributed by atoms with Crippen molar-refractivity contribution in [3.63, 3.8) is 0 Å². The lowest BCUT2D eigenvalue weighted by Gasteiger charge is -2.32. The fourth-order valence-corrected chi connectivity index (χ4v) is 3.46. The Balaban J connectivity index is 2.18. The van der Waals surface area contributed by atoms with Gasteiger partial charge in [0.1, 0.15) is 11.2 Å². The van der Waals surface area contributed by atoms with Crippen LogP contribution >= 0.6 is 0 Å². The molecule has 1 unspecified atom stereocenters. The molecular weight excluding hydrogens is 393 g/mol. The van der Waals surface area contributed by atoms with E-state index in [2.05, 4.69) is 5.32 Å². The highest BCUT2D eigenvalue weighted by molar-refractivity contribution is 6.47. The van der Waals surface area contributed by atoms with E-state index in [1.807, 2.05) is 30.3 Å². The first kappa shape index (κ1) is 22.1. The van der Waals surface area contributed by atoms with E-state index in [1.165, 1.54) is 24.3 Å². The topological polar surface area (TPSA) is 63.2 Å². The zero-order valence-electron chi connectivity index (χ0n) is 17.5. The van der Waals surface area contributed by atoms with Crippen molar-refractivity contribution in [1.82, 2.24) is 0 Å². The highest BCUT2D eigenvalue weighted by Crippen LogP contribution is 2.32. The number of hydrogen-bond donors (Lipinski definition) is 1. The quantitative estimate of drug-likeness (QED) is 0.307. The minimum atomic E-state index is -1.80. The van der Waals surface area contributed by atoms with Crippen LogP contribution < -0.4 is 5.32 Å². The van der Waals surface area contributed by atoms with Crippen LogP contribution in [0.1, 0.15) is 29.8 Å². The van der Waals surface area contributed by atoms with Gasteiger partial charge < -0.3 is 5.32 Å². The van der Waals surface area contributed by atoms with Crippen LogP contribution in [-0.4, -0.2) is 23.9 Å². The van der Waals surface area contributed by atoms with Crippen LogP contribution in [0, 0.1) is 11.7 Å². The number of Topliss-reactive ketones (excluding diaryl/α,β-unsaturated/α-hetero) is 3. The molecule has 4 nitrogen and oxygen atoms in total. The number of rotatable bonds is 9. The monoisotopic (exact) mass is 417 g/mol. The van der Waals surface area contributed by atoms with Crippen molar-refractivity contribution in [2.24, 2.45) is 5.92 Å². The summed E-state index contributed by atoms with van der Waals surface area (Å²) < 4.78 is 13.5. The van der Waals surface area contributed by atoms with Gasteiger partial charge in [-0.25, -0.2) is 4.39 Å². The van der Waals surface area contributed by atoms with Crippen LogP contribution in [-0.2, 0) is 15.0 Å². The number of halogens is 1. The Hall–Kier alpha value is -3.60. The van der Waals surface area contributed by atoms with E-state index in [1.54, 1.807) is 44.2 Å². The minimum Gasteiger partial charge on any atom is -0.383 e. The molecule has 5 heteroatoms. The lowest BCUT2D eigenvalue weighted by atomic mass is 9.69. The maximum absolute atomic E-state index is 13.8. The molecule has 1 atom stereocenters. The second-order valence-electron chi connectivity index (χ2n) is 7.68. The second kappa shape index (κ2) is 9.47. The third-order valence-electron chi connectivity index (χ3n) is 5.23. The molecule has 0 radical (unpaired) electrons. The minimum absolute atomic E-state index is 0.117. The summed E-state index contributed by atoms with van der Waals surface area (Å²) in [6.45, 7) is 3.14. The number of para-hydroxylation sites is 1. The van der Waals surface area contributed by atoms with E-state index < -0.39 is 34.5 Å². The number of benzene rings is 3. The summed E-state index contributed by atoms with van der Waals surface area (Å²) in [5.41, 5.74) is -0.521. The van der Waals surface area contributed by atoms with Crippen molar-refractivity contribution in [2.45, 2.75) is 19.3 Å². The third kappa shape index (κ3) is 4.61. The maximum Gasteiger partial charge on any atom is 0.218 e. The molecule has 3 aromatic carbocycles. The van der Waals surface area contributed by atoms with Gasteiger partial charge in [-0.2, -0.15) is 0 Å². The van der Waals surface area contributed by atoms with Gasteiger partial charge in [0.25, 0.3) is 0 Å². The number of hydrogen-bond acceptors (Lipinski definition) is 4. The van der Waals surface area contributed by atoms with Gasteiger partial charge in [-0.1, -0.05) is 62.4 Å². The van der Waals surface area contributed by atoms with Crippen LogP contribution in [0.15, 0.2) is 84.9 Å². The summed E-state index contributed by atoms with van der Waals surface area (Å²) in [6, 6.07) is 22.7. The van der Waals surface area contributed by atoms with Crippen molar-refractivity contribution in [3.05, 3.63) is 102 Å². The van der Waals surface area contributed by atoms with Gasteiger partial charge in [0.2, 0.25) is 11.6 Å². The molecule has 0 spiro atoms. The van der Waals surface area contributed by atoms with Crippen LogP contribution in [0.3, 0.4) is 0 Å². The smallest absolute Gasteiger partial charge is 0.218 e. The third-order valence-corrected chi connectivity index (χ3v) is 5.23. The highest BCUT2D eigenvalue weighted by Gasteiger charge is 2.50. The number of nitrogens with one attached hydrogen (secondary N) is 1. The molecule has 0 aromatic heterocycles. The summed E-state index contributed by atoms with van der Waals surface area (Å²) in [4.78, 5) is 40.3. The predicted molar refractivity (Wildman–Crippen MR) is 119 cm³/mol. The van der Waals surface area contributed by atoms with E-state index in [4.69, 9.17) is 0 Å². The zero-order valence-corrected chi connectivity index (χ0v) is 17.5. The van der Waals surface area contributed by atoms with Crippen LogP contribution in [0.4, 0.5) is 10.1 Å². The lowest BCUT2D eigenvalue weighted by molar-refractivity contribution is -0.140. The van der Waals surface area contributed by atoms with E-state index >= 15 is 0 Å². The van der Waals surface area contributed by atoms with Crippen molar-refractivity contribution in [1.29, 1.82) is 0 Å². The molecule has 0 aliphatic rings. The van der Waals surface area contributed by atoms with Crippen molar-refractivity contribution in [2.75, 3.05) is 11.9 Å². The largest absolute Gasteiger partial charge is 0.383 e. The molecule has 3 rings (SSSR count). The van der Waals surface area contributed by atoms with Crippen LogP contribution in [0.5, 0.6) is 0 Å². The van der Waals surface area contributed by atoms with Gasteiger partial charge in [0.15, 0.2) is 5.78 Å². The van der Waals surface area contributed by atoms with Crippen molar-refractivity contribution < 1.29 is 18.8 Å². The Morgan fingerprint density at radius 1 is 0.839 bits per heavy atom. The number of anilines is 1. The first-order chi connectivity index (χ1) is 14.9. The highest BCUT2D eigenvalue weighted by atomic mass is 19.1. The lowest BCUT2D eigenvalue weighted by Crippen LogP contribution is -2.53. The van der Waals surface area contributed by atoms with Crippen LogP contribution in [0.25, 0.3) is 0 Å². The van der Waals surface area contributed by atoms with E-state index in [9.17, 15) is 18.8 Å². The van der Waals surface area contributed by atoms with Crippen molar-refractivity contribution >= 4 is 23.0 Å². The van der Waals surface area contributed by atoms with Gasteiger partial charge in [0.05, 0.1) is 0 Å². The molecule has 0 aliphatic heterocycles. The second-order valence-corrected chi connectivity index (χ2v) is 7.68. The molecule has 31 heavy (non-hydrogen) atoms. The van der Waals surface area contributed by atoms with Crippen molar-refractivity contribution in [3.8, 4) is 0 Å². The Bertz CT molecular complexity index is 1060. The molecule has 0 bridgehead atoms. The maximum atomic E-state index is 13.8. The fraction of sp³-hybridized carbons (Fsp3) is 0.192. The average molecular weight is 417 g/mol. The molecule has 0 heterocycles. The molecule has 3 aromatic rings. The van der Waals surface area contributed by atoms with E-state index in [-0.39, 0.29) is 12.1 Å². The Kier molecular flexibility index (Phi) is 6.75. The molecule has 1 N–H and O–H groups in total. The van der Waals surface area contributed by atoms with Crippen LogP contribution in [0.2, 0.25) is 0 Å². The summed E-state index contributed by atoms with van der Waals surface area (Å²) in [5, 5.41) is 3.15. The molecule has 0 amide bonds. The molecule has 0 saturated heterocycles. The fourth-order valence-electron chi connectivity index (χ4n) is 3.46. The molecule has 0 saturated carbocycles. The SMILES string of the molecule is CC(C)C(=O)C(=O)C(CNc1ccccc1)(C(=O)c1ccc(F)cc1)c1ccccc1. The number of carbonyl (C=O) groups is 3. The van der Waals surface area contributed by atoms with Gasteiger partial charge in [-0.15, -0.1) is 0 Å². The standard InChI is InChI=1S/C26H24FNO3/c1-18(2)23(29)25(31)26(20-9-5-3-6-10-20,17-28-22-11-7-4-8-12-22)24(30)19-13-15-21(27)16-14-19/h3-16,18,28H,17H2,1-2H3. The average Bonchev–Trinajstić information content (AvgIpc) is 2.80. The van der Waals surface area contributed by atoms with E-state index in [0.717, 1.165) is 0 Å². The summed E-state index contributed by atoms with van der Waals surface area (Å²) >= 11 is 0. The van der Waals surface area contributed by atoms with Gasteiger partial charge in [-0.3, -0.25) is 14.4 Å². The zero-order chi connectivity index (χ0) is 22.4. The first-order valence-corrected chi connectivity index (χ1v) is 10.1. The van der Waals surface area contributed by atoms with Gasteiger partial charge >= 0.3 is 0 Å². The molecule has 0 fully saturated rings. The Labute approximate surface area is 181 Å². The summed E-state index contributed by atoms with van der Waals surface area (Å²) in [5.74, 6) is -3.04. The Morgan fingerprint density at radius 2 is 1.39 bits per heavy atom. The van der Waals surface area contributed by atoms with Gasteiger partial charge in [0, 0.05) is 23.7 Å². The number of carbonyl (C=O) groups excluding carboxylic acids is 3.